The summed E-state index contributed by atoms with van der Waals surface area (Å²) in [7, 11) is 0. The van der Waals surface area contributed by atoms with Crippen LogP contribution in [-0.2, 0) is 6.42 Å². The third-order valence-electron chi connectivity index (χ3n) is 4.69. The minimum atomic E-state index is -0.542. The van der Waals surface area contributed by atoms with Crippen LogP contribution in [0.25, 0.3) is 0 Å². The maximum absolute atomic E-state index is 10.8. The molecule has 0 radical (unpaired) electrons. The summed E-state index contributed by atoms with van der Waals surface area (Å²) >= 11 is 0. The molecule has 1 saturated carbocycles. The Morgan fingerprint density at radius 2 is 1.68 bits per heavy atom. The molecule has 1 aliphatic carbocycles. The molecule has 0 aliphatic heterocycles. The van der Waals surface area contributed by atoms with Gasteiger partial charge in [-0.2, -0.15) is 0 Å². The second-order valence-electron chi connectivity index (χ2n) is 6.77. The summed E-state index contributed by atoms with van der Waals surface area (Å²) in [4.78, 5) is 0. The van der Waals surface area contributed by atoms with Gasteiger partial charge in [-0.05, 0) is 42.7 Å². The van der Waals surface area contributed by atoms with Crippen LogP contribution >= 0.6 is 0 Å². The number of hydrogen-bond acceptors (Lipinski definition) is 1. The summed E-state index contributed by atoms with van der Waals surface area (Å²) in [6, 6.07) is 8.78. The van der Waals surface area contributed by atoms with Crippen molar-refractivity contribution in [1.82, 2.24) is 0 Å². The second kappa shape index (κ2) is 6.09. The summed E-state index contributed by atoms with van der Waals surface area (Å²) in [5.41, 5.74) is 2.10. The van der Waals surface area contributed by atoms with Crippen LogP contribution in [0.1, 0.15) is 69.9 Å². The lowest BCUT2D eigenvalue weighted by Crippen LogP contribution is -2.38. The van der Waals surface area contributed by atoms with Gasteiger partial charge in [0, 0.05) is 6.42 Å². The highest BCUT2D eigenvalue weighted by Gasteiger charge is 2.32. The molecule has 1 nitrogen and oxygen atoms in total. The van der Waals surface area contributed by atoms with Gasteiger partial charge in [-0.25, -0.2) is 0 Å². The minimum Gasteiger partial charge on any atom is -0.390 e. The maximum Gasteiger partial charge on any atom is 0.0687 e. The zero-order valence-corrected chi connectivity index (χ0v) is 12.7. The lowest BCUT2D eigenvalue weighted by Gasteiger charge is -2.35. The van der Waals surface area contributed by atoms with Gasteiger partial charge in [0.2, 0.25) is 0 Å². The first-order valence-corrected chi connectivity index (χ1v) is 7.80. The van der Waals surface area contributed by atoms with Crippen LogP contribution in [0.2, 0.25) is 0 Å². The molecule has 106 valence electrons. The van der Waals surface area contributed by atoms with Gasteiger partial charge in [0.25, 0.3) is 0 Å². The van der Waals surface area contributed by atoms with Crippen LogP contribution in [0.5, 0.6) is 0 Å². The first kappa shape index (κ1) is 14.6. The summed E-state index contributed by atoms with van der Waals surface area (Å²) in [6.45, 7) is 6.46. The van der Waals surface area contributed by atoms with E-state index in [4.69, 9.17) is 0 Å². The van der Waals surface area contributed by atoms with E-state index in [-0.39, 0.29) is 0 Å². The molecule has 1 N–H and O–H groups in total. The predicted molar refractivity (Wildman–Crippen MR) is 81.4 cm³/mol. The van der Waals surface area contributed by atoms with Crippen molar-refractivity contribution in [3.8, 4) is 0 Å². The fourth-order valence-electron chi connectivity index (χ4n) is 3.30. The fraction of sp³-hybridized carbons (Fsp3) is 0.667. The molecule has 1 unspecified atom stereocenters. The fourth-order valence-corrected chi connectivity index (χ4v) is 3.30. The normalized spacial score (nSPS) is 20.5. The van der Waals surface area contributed by atoms with Crippen LogP contribution < -0.4 is 0 Å². The van der Waals surface area contributed by atoms with E-state index in [1.165, 1.54) is 43.2 Å². The smallest absolute Gasteiger partial charge is 0.0687 e. The molecule has 0 aromatic heterocycles. The lowest BCUT2D eigenvalue weighted by atomic mass is 9.75. The summed E-state index contributed by atoms with van der Waals surface area (Å²) in [6.07, 6.45) is 7.08. The Labute approximate surface area is 118 Å². The van der Waals surface area contributed by atoms with Crippen LogP contribution in [0.3, 0.4) is 0 Å². The van der Waals surface area contributed by atoms with Crippen LogP contribution in [0.4, 0.5) is 0 Å². The highest BCUT2D eigenvalue weighted by Crippen LogP contribution is 2.34. The molecule has 0 bridgehead atoms. The average Bonchev–Trinajstić information content (AvgIpc) is 2.40. The second-order valence-corrected chi connectivity index (χ2v) is 6.77. The molecule has 0 amide bonds. The van der Waals surface area contributed by atoms with E-state index >= 15 is 0 Å². The van der Waals surface area contributed by atoms with Crippen LogP contribution in [0, 0.1) is 5.92 Å². The Balaban J connectivity index is 2.02. The van der Waals surface area contributed by atoms with E-state index in [2.05, 4.69) is 38.1 Å². The molecule has 1 aromatic rings. The van der Waals surface area contributed by atoms with Crippen molar-refractivity contribution in [3.05, 3.63) is 35.4 Å². The molecule has 0 saturated heterocycles. The van der Waals surface area contributed by atoms with Crippen LogP contribution in [-0.4, -0.2) is 10.7 Å². The Kier molecular flexibility index (Phi) is 4.67. The number of hydrogen-bond donors (Lipinski definition) is 1. The van der Waals surface area contributed by atoms with Gasteiger partial charge in [0.1, 0.15) is 0 Å². The Hall–Kier alpha value is -0.820. The van der Waals surface area contributed by atoms with Gasteiger partial charge >= 0.3 is 0 Å². The molecule has 1 aromatic carbocycles. The standard InChI is InChI=1S/C18H28O/c1-14(2)16-11-9-15(10-12-16)13-18(3,19)17-7-5-4-6-8-17/h9-12,14,17,19H,4-8,13H2,1-3H3. The Morgan fingerprint density at radius 3 is 2.21 bits per heavy atom. The highest BCUT2D eigenvalue weighted by molar-refractivity contribution is 5.25. The molecule has 1 atom stereocenters. The maximum atomic E-state index is 10.8. The highest BCUT2D eigenvalue weighted by atomic mass is 16.3. The van der Waals surface area contributed by atoms with E-state index in [0.29, 0.717) is 11.8 Å². The number of aliphatic hydroxyl groups is 1. The molecule has 1 heteroatoms. The molecule has 0 heterocycles. The van der Waals surface area contributed by atoms with E-state index in [9.17, 15) is 5.11 Å². The van der Waals surface area contributed by atoms with Crippen molar-refractivity contribution in [2.45, 2.75) is 70.8 Å². The first-order chi connectivity index (χ1) is 8.99. The predicted octanol–water partition coefficient (Wildman–Crippen LogP) is 4.68. The van der Waals surface area contributed by atoms with Gasteiger partial charge in [-0.15, -0.1) is 0 Å². The summed E-state index contributed by atoms with van der Waals surface area (Å²) in [5.74, 6) is 1.05. The Morgan fingerprint density at radius 1 is 1.11 bits per heavy atom. The molecular formula is C18H28O. The lowest BCUT2D eigenvalue weighted by molar-refractivity contribution is -0.0159. The molecule has 19 heavy (non-hydrogen) atoms. The SMILES string of the molecule is CC(C)c1ccc(CC(C)(O)C2CCCCC2)cc1. The van der Waals surface area contributed by atoms with Gasteiger partial charge in [-0.3, -0.25) is 0 Å². The minimum absolute atomic E-state index is 0.478. The summed E-state index contributed by atoms with van der Waals surface area (Å²) < 4.78 is 0. The molecule has 1 aliphatic rings. The van der Waals surface area contributed by atoms with Gasteiger partial charge < -0.3 is 5.11 Å². The number of benzene rings is 1. The topological polar surface area (TPSA) is 20.2 Å². The third-order valence-corrected chi connectivity index (χ3v) is 4.69. The van der Waals surface area contributed by atoms with Crippen LogP contribution in [0.15, 0.2) is 24.3 Å². The number of rotatable bonds is 4. The van der Waals surface area contributed by atoms with Crippen molar-refractivity contribution in [1.29, 1.82) is 0 Å². The third kappa shape index (κ3) is 3.82. The summed E-state index contributed by atoms with van der Waals surface area (Å²) in [5, 5.41) is 10.8. The van der Waals surface area contributed by atoms with Gasteiger partial charge in [0.15, 0.2) is 0 Å². The van der Waals surface area contributed by atoms with E-state index in [0.717, 1.165) is 6.42 Å². The molecule has 2 rings (SSSR count). The van der Waals surface area contributed by atoms with E-state index in [1.807, 2.05) is 6.92 Å². The monoisotopic (exact) mass is 260 g/mol. The van der Waals surface area contributed by atoms with Gasteiger partial charge in [0.05, 0.1) is 5.60 Å². The molecule has 1 fully saturated rings. The van der Waals surface area contributed by atoms with Crippen molar-refractivity contribution in [2.75, 3.05) is 0 Å². The van der Waals surface area contributed by atoms with Crippen molar-refractivity contribution in [3.63, 3.8) is 0 Å². The van der Waals surface area contributed by atoms with Crippen molar-refractivity contribution < 1.29 is 5.11 Å². The molecular weight excluding hydrogens is 232 g/mol. The zero-order chi connectivity index (χ0) is 13.9. The van der Waals surface area contributed by atoms with Crippen molar-refractivity contribution in [2.24, 2.45) is 5.92 Å². The van der Waals surface area contributed by atoms with Crippen molar-refractivity contribution >= 4 is 0 Å². The zero-order valence-electron chi connectivity index (χ0n) is 12.7. The quantitative estimate of drug-likeness (QED) is 0.833. The van der Waals surface area contributed by atoms with E-state index in [1.54, 1.807) is 0 Å². The molecule has 0 spiro atoms. The largest absolute Gasteiger partial charge is 0.390 e. The first-order valence-electron chi connectivity index (χ1n) is 7.80. The van der Waals surface area contributed by atoms with E-state index < -0.39 is 5.60 Å². The Bertz CT molecular complexity index is 383. The average molecular weight is 260 g/mol. The van der Waals surface area contributed by atoms with Gasteiger partial charge in [-0.1, -0.05) is 57.4 Å².